The second-order valence-corrected chi connectivity index (χ2v) is 4.74. The Balaban J connectivity index is 2.49. The summed E-state index contributed by atoms with van der Waals surface area (Å²) in [7, 11) is 0. The molecular weight excluding hydrogens is 240 g/mol. The van der Waals surface area contributed by atoms with Gasteiger partial charge in [-0.1, -0.05) is 12.7 Å². The Kier molecular flexibility index (Phi) is 2.32. The molecule has 0 saturated heterocycles. The fraction of sp³-hybridized carbons (Fsp3) is 0.125. The number of carbonyl (C=O) groups excluding carboxylic acids is 1. The van der Waals surface area contributed by atoms with E-state index in [1.807, 2.05) is 19.9 Å². The number of fused-ring (bicyclic) bond motifs is 2. The van der Waals surface area contributed by atoms with Crippen LogP contribution in [0.2, 0.25) is 0 Å². The van der Waals surface area contributed by atoms with Crippen LogP contribution in [0.25, 0.3) is 23.0 Å². The van der Waals surface area contributed by atoms with Crippen molar-refractivity contribution in [3.63, 3.8) is 0 Å². The third kappa shape index (κ3) is 1.51. The number of aryl methyl sites for hydroxylation is 1. The third-order valence-corrected chi connectivity index (χ3v) is 3.50. The Morgan fingerprint density at radius 2 is 1.89 bits per heavy atom. The molecule has 3 aliphatic rings. The number of hydrogen-bond donors (Lipinski definition) is 0. The van der Waals surface area contributed by atoms with Gasteiger partial charge >= 0.3 is 5.63 Å². The van der Waals surface area contributed by atoms with Gasteiger partial charge in [-0.05, 0) is 48.8 Å². The minimum Gasteiger partial charge on any atom is -0.422 e. The normalized spacial score (nSPS) is 13.6. The molecule has 3 nitrogen and oxygen atoms in total. The molecule has 0 aromatic heterocycles. The first kappa shape index (κ1) is 11.7. The van der Waals surface area contributed by atoms with Gasteiger partial charge in [0.1, 0.15) is 5.76 Å². The second-order valence-electron chi connectivity index (χ2n) is 4.74. The third-order valence-electron chi connectivity index (χ3n) is 3.50. The van der Waals surface area contributed by atoms with Gasteiger partial charge in [0.05, 0.1) is 5.56 Å². The zero-order chi connectivity index (χ0) is 13.7. The van der Waals surface area contributed by atoms with Crippen LogP contribution < -0.4 is 5.63 Å². The van der Waals surface area contributed by atoms with Crippen molar-refractivity contribution >= 4 is 17.4 Å². The average Bonchev–Trinajstić information content (AvgIpc) is 2.72. The molecule has 0 saturated carbocycles. The SMILES string of the molecule is C=Cc1c2cc3c(c(C)cc-2oc1=O)C(=O)C=C3C. The van der Waals surface area contributed by atoms with Gasteiger partial charge in [0, 0.05) is 11.1 Å². The average molecular weight is 252 g/mol. The molecule has 0 atom stereocenters. The molecule has 0 amide bonds. The summed E-state index contributed by atoms with van der Waals surface area (Å²) >= 11 is 0. The molecule has 3 heteroatoms. The lowest BCUT2D eigenvalue weighted by Gasteiger charge is -1.97. The van der Waals surface area contributed by atoms with E-state index in [9.17, 15) is 9.59 Å². The minimum atomic E-state index is -0.393. The molecule has 0 spiro atoms. The molecular formula is C16H12O3. The number of carbonyl (C=O) groups is 1. The molecule has 0 aromatic carbocycles. The molecule has 19 heavy (non-hydrogen) atoms. The van der Waals surface area contributed by atoms with Gasteiger partial charge in [-0.15, -0.1) is 0 Å². The Morgan fingerprint density at radius 3 is 2.58 bits per heavy atom. The molecule has 2 aliphatic carbocycles. The van der Waals surface area contributed by atoms with E-state index >= 15 is 0 Å². The molecule has 0 fully saturated rings. The summed E-state index contributed by atoms with van der Waals surface area (Å²) in [6, 6.07) is 3.59. The van der Waals surface area contributed by atoms with Crippen molar-refractivity contribution in [2.75, 3.05) is 0 Å². The van der Waals surface area contributed by atoms with E-state index in [-0.39, 0.29) is 5.78 Å². The molecule has 1 aliphatic heterocycles. The van der Waals surface area contributed by atoms with Crippen LogP contribution in [0.5, 0.6) is 0 Å². The molecule has 0 aromatic rings. The maximum atomic E-state index is 12.0. The van der Waals surface area contributed by atoms with Gasteiger partial charge < -0.3 is 4.42 Å². The van der Waals surface area contributed by atoms with Crippen LogP contribution in [0.4, 0.5) is 0 Å². The van der Waals surface area contributed by atoms with Crippen molar-refractivity contribution in [2.45, 2.75) is 13.8 Å². The smallest absolute Gasteiger partial charge is 0.344 e. The Hall–Kier alpha value is -2.42. The summed E-state index contributed by atoms with van der Waals surface area (Å²) in [5.41, 5.74) is 4.02. The van der Waals surface area contributed by atoms with Crippen molar-refractivity contribution in [3.8, 4) is 11.3 Å². The lowest BCUT2D eigenvalue weighted by Crippen LogP contribution is -1.95. The van der Waals surface area contributed by atoms with Crippen LogP contribution in [-0.2, 0) is 0 Å². The molecule has 0 radical (unpaired) electrons. The number of rotatable bonds is 1. The summed E-state index contributed by atoms with van der Waals surface area (Å²) in [6.45, 7) is 7.38. The summed E-state index contributed by atoms with van der Waals surface area (Å²) in [4.78, 5) is 23.7. The summed E-state index contributed by atoms with van der Waals surface area (Å²) in [6.07, 6.45) is 3.11. The Labute approximate surface area is 110 Å². The highest BCUT2D eigenvalue weighted by atomic mass is 16.4. The van der Waals surface area contributed by atoms with Gasteiger partial charge in [0.2, 0.25) is 0 Å². The first-order valence-corrected chi connectivity index (χ1v) is 6.00. The first-order chi connectivity index (χ1) is 9.02. The summed E-state index contributed by atoms with van der Waals surface area (Å²) in [5.74, 6) is 0.498. The van der Waals surface area contributed by atoms with Gasteiger partial charge in [-0.2, -0.15) is 0 Å². The maximum absolute atomic E-state index is 12.0. The molecule has 0 unspecified atom stereocenters. The monoisotopic (exact) mass is 252 g/mol. The van der Waals surface area contributed by atoms with E-state index in [0.29, 0.717) is 22.5 Å². The molecule has 0 bridgehead atoms. The van der Waals surface area contributed by atoms with Crippen LogP contribution in [0.3, 0.4) is 0 Å². The molecule has 3 rings (SSSR count). The quantitative estimate of drug-likeness (QED) is 0.782. The highest BCUT2D eigenvalue weighted by molar-refractivity contribution is 6.17. The van der Waals surface area contributed by atoms with E-state index in [1.165, 1.54) is 6.08 Å². The summed E-state index contributed by atoms with van der Waals surface area (Å²) < 4.78 is 5.22. The number of ketones is 1. The van der Waals surface area contributed by atoms with E-state index in [2.05, 4.69) is 6.58 Å². The predicted molar refractivity (Wildman–Crippen MR) is 74.4 cm³/mol. The van der Waals surface area contributed by atoms with Crippen LogP contribution in [0.15, 0.2) is 34.0 Å². The largest absolute Gasteiger partial charge is 0.422 e. The van der Waals surface area contributed by atoms with Crippen LogP contribution in [0, 0.1) is 6.92 Å². The fourth-order valence-electron chi connectivity index (χ4n) is 2.58. The highest BCUT2D eigenvalue weighted by Gasteiger charge is 2.24. The van der Waals surface area contributed by atoms with Gasteiger partial charge in [-0.25, -0.2) is 4.79 Å². The van der Waals surface area contributed by atoms with Crippen molar-refractivity contribution < 1.29 is 9.21 Å². The van der Waals surface area contributed by atoms with Gasteiger partial charge in [0.15, 0.2) is 5.78 Å². The fourth-order valence-corrected chi connectivity index (χ4v) is 2.58. The van der Waals surface area contributed by atoms with Crippen molar-refractivity contribution in [3.05, 3.63) is 57.5 Å². The molecule has 0 N–H and O–H groups in total. The van der Waals surface area contributed by atoms with Crippen molar-refractivity contribution in [1.29, 1.82) is 0 Å². The Bertz CT molecular complexity index is 791. The van der Waals surface area contributed by atoms with Crippen molar-refractivity contribution in [1.82, 2.24) is 0 Å². The van der Waals surface area contributed by atoms with Gasteiger partial charge in [-0.3, -0.25) is 4.79 Å². The lowest BCUT2D eigenvalue weighted by molar-refractivity contribution is 0.104. The first-order valence-electron chi connectivity index (χ1n) is 6.00. The summed E-state index contributed by atoms with van der Waals surface area (Å²) in [5, 5.41) is 0. The van der Waals surface area contributed by atoms with Crippen LogP contribution in [0.1, 0.15) is 34.0 Å². The topological polar surface area (TPSA) is 47.3 Å². The van der Waals surface area contributed by atoms with Crippen LogP contribution >= 0.6 is 0 Å². The Morgan fingerprint density at radius 1 is 1.16 bits per heavy atom. The van der Waals surface area contributed by atoms with E-state index in [4.69, 9.17) is 4.42 Å². The predicted octanol–water partition coefficient (Wildman–Crippen LogP) is 3.30. The zero-order valence-corrected chi connectivity index (χ0v) is 10.7. The van der Waals surface area contributed by atoms with E-state index in [0.717, 1.165) is 16.7 Å². The van der Waals surface area contributed by atoms with E-state index < -0.39 is 5.63 Å². The zero-order valence-electron chi connectivity index (χ0n) is 10.7. The number of furan rings is 1. The molecule has 1 heterocycles. The maximum Gasteiger partial charge on any atom is 0.344 e. The minimum absolute atomic E-state index is 0.00477. The van der Waals surface area contributed by atoms with Gasteiger partial charge in [0.25, 0.3) is 0 Å². The molecule has 94 valence electrons. The second kappa shape index (κ2) is 3.79. The highest BCUT2D eigenvalue weighted by Crippen LogP contribution is 2.35. The van der Waals surface area contributed by atoms with E-state index in [1.54, 1.807) is 12.1 Å². The number of allylic oxidation sites excluding steroid dienone is 2. The van der Waals surface area contributed by atoms with Crippen molar-refractivity contribution in [2.24, 2.45) is 0 Å². The van der Waals surface area contributed by atoms with Crippen LogP contribution in [-0.4, -0.2) is 5.78 Å². The number of hydrogen-bond acceptors (Lipinski definition) is 3. The lowest BCUT2D eigenvalue weighted by atomic mass is 10.0. The standard InChI is InChI=1S/C16H12O3/c1-4-10-12-7-11-8(2)5-13(17)15(11)9(3)6-14(12)19-16(10)18/h4-7H,1H2,2-3H3.